The summed E-state index contributed by atoms with van der Waals surface area (Å²) in [5, 5.41) is 0. The lowest BCUT2D eigenvalue weighted by Crippen LogP contribution is -2.35. The lowest BCUT2D eigenvalue weighted by molar-refractivity contribution is -0.125. The first-order valence-electron chi connectivity index (χ1n) is 5.26. The number of hydrogen-bond acceptors (Lipinski definition) is 2. The van der Waals surface area contributed by atoms with E-state index in [9.17, 15) is 4.79 Å². The van der Waals surface area contributed by atoms with Gasteiger partial charge < -0.3 is 0 Å². The Kier molecular flexibility index (Phi) is 7.69. The highest BCUT2D eigenvalue weighted by atomic mass is 16.2. The minimum absolute atomic E-state index is 0.0148. The van der Waals surface area contributed by atoms with Crippen molar-refractivity contribution >= 4 is 5.91 Å². The molecule has 0 radical (unpaired) electrons. The summed E-state index contributed by atoms with van der Waals surface area (Å²) in [5.41, 5.74) is 2.22. The van der Waals surface area contributed by atoms with Crippen molar-refractivity contribution in [3.63, 3.8) is 0 Å². The van der Waals surface area contributed by atoms with Gasteiger partial charge in [-0.3, -0.25) is 10.2 Å². The molecule has 3 heteroatoms. The molecule has 0 spiro atoms. The number of nitrogens with one attached hydrogen (secondary N) is 1. The Morgan fingerprint density at radius 2 is 2.00 bits per heavy atom. The lowest BCUT2D eigenvalue weighted by Gasteiger charge is -2.11. The molecule has 1 atom stereocenters. The quantitative estimate of drug-likeness (QED) is 0.276. The van der Waals surface area contributed by atoms with Crippen LogP contribution in [-0.2, 0) is 4.79 Å². The van der Waals surface area contributed by atoms with Gasteiger partial charge in [-0.1, -0.05) is 39.5 Å². The number of carbonyl (C=O) groups is 1. The molecule has 13 heavy (non-hydrogen) atoms. The number of rotatable bonds is 7. The summed E-state index contributed by atoms with van der Waals surface area (Å²) in [5.74, 6) is 5.18. The zero-order valence-corrected chi connectivity index (χ0v) is 8.81. The van der Waals surface area contributed by atoms with Gasteiger partial charge in [0.05, 0.1) is 0 Å². The molecule has 0 fully saturated rings. The standard InChI is InChI=1S/C10H22N2O/c1-3-5-6-7-8-9(4-2)10(13)12-11/h9H,3-8,11H2,1-2H3,(H,12,13). The zero-order valence-electron chi connectivity index (χ0n) is 8.81. The van der Waals surface area contributed by atoms with Crippen LogP contribution in [0.4, 0.5) is 0 Å². The molecule has 0 saturated carbocycles. The fourth-order valence-corrected chi connectivity index (χ4v) is 1.46. The van der Waals surface area contributed by atoms with E-state index in [4.69, 9.17) is 5.84 Å². The van der Waals surface area contributed by atoms with Crippen LogP contribution in [0.1, 0.15) is 52.4 Å². The number of amides is 1. The second kappa shape index (κ2) is 8.05. The maximum atomic E-state index is 11.2. The van der Waals surface area contributed by atoms with E-state index in [0.29, 0.717) is 0 Å². The Morgan fingerprint density at radius 1 is 1.31 bits per heavy atom. The Bertz CT molecular complexity index is 137. The molecule has 0 rings (SSSR count). The monoisotopic (exact) mass is 186 g/mol. The number of hydrazine groups is 1. The van der Waals surface area contributed by atoms with Crippen molar-refractivity contribution in [2.24, 2.45) is 11.8 Å². The van der Waals surface area contributed by atoms with Crippen LogP contribution in [0.25, 0.3) is 0 Å². The topological polar surface area (TPSA) is 55.1 Å². The van der Waals surface area contributed by atoms with Crippen LogP contribution in [0.3, 0.4) is 0 Å². The Balaban J connectivity index is 3.53. The predicted octanol–water partition coefficient (Wildman–Crippen LogP) is 1.97. The largest absolute Gasteiger partial charge is 0.294 e. The van der Waals surface area contributed by atoms with E-state index in [-0.39, 0.29) is 11.8 Å². The van der Waals surface area contributed by atoms with Crippen LogP contribution < -0.4 is 11.3 Å². The summed E-state index contributed by atoms with van der Waals surface area (Å²) >= 11 is 0. The average molecular weight is 186 g/mol. The third-order valence-electron chi connectivity index (χ3n) is 2.41. The molecule has 1 unspecified atom stereocenters. The molecular weight excluding hydrogens is 164 g/mol. The SMILES string of the molecule is CCCCCCC(CC)C(=O)NN. The van der Waals surface area contributed by atoms with Crippen molar-refractivity contribution in [1.82, 2.24) is 5.43 Å². The van der Waals surface area contributed by atoms with Crippen LogP contribution >= 0.6 is 0 Å². The molecule has 0 heterocycles. The van der Waals surface area contributed by atoms with E-state index in [1.807, 2.05) is 6.92 Å². The summed E-state index contributed by atoms with van der Waals surface area (Å²) in [6, 6.07) is 0. The minimum Gasteiger partial charge on any atom is -0.294 e. The molecule has 0 aromatic carbocycles. The number of hydrogen-bond donors (Lipinski definition) is 2. The summed E-state index contributed by atoms with van der Waals surface area (Å²) < 4.78 is 0. The fraction of sp³-hybridized carbons (Fsp3) is 0.900. The number of carbonyl (C=O) groups excluding carboxylic acids is 1. The molecule has 0 aliphatic rings. The van der Waals surface area contributed by atoms with Gasteiger partial charge in [-0.15, -0.1) is 0 Å². The van der Waals surface area contributed by atoms with Gasteiger partial charge >= 0.3 is 0 Å². The van der Waals surface area contributed by atoms with E-state index < -0.39 is 0 Å². The lowest BCUT2D eigenvalue weighted by atomic mass is 9.98. The molecule has 0 aromatic rings. The molecule has 0 bridgehead atoms. The number of nitrogens with two attached hydrogens (primary N) is 1. The van der Waals surface area contributed by atoms with Crippen LogP contribution in [0.5, 0.6) is 0 Å². The van der Waals surface area contributed by atoms with Gasteiger partial charge in [-0.2, -0.15) is 0 Å². The zero-order chi connectivity index (χ0) is 10.1. The third-order valence-corrected chi connectivity index (χ3v) is 2.41. The van der Waals surface area contributed by atoms with E-state index in [0.717, 1.165) is 19.3 Å². The molecule has 3 nitrogen and oxygen atoms in total. The van der Waals surface area contributed by atoms with E-state index >= 15 is 0 Å². The second-order valence-corrected chi connectivity index (χ2v) is 3.46. The Labute approximate surface area is 81.0 Å². The Morgan fingerprint density at radius 3 is 2.46 bits per heavy atom. The highest BCUT2D eigenvalue weighted by Gasteiger charge is 2.13. The van der Waals surface area contributed by atoms with Crippen LogP contribution in [0, 0.1) is 5.92 Å². The van der Waals surface area contributed by atoms with E-state index in [1.165, 1.54) is 19.3 Å². The number of unbranched alkanes of at least 4 members (excludes halogenated alkanes) is 3. The smallest absolute Gasteiger partial charge is 0.236 e. The van der Waals surface area contributed by atoms with E-state index in [2.05, 4.69) is 12.3 Å². The van der Waals surface area contributed by atoms with Crippen LogP contribution in [0.15, 0.2) is 0 Å². The van der Waals surface area contributed by atoms with Crippen molar-refractivity contribution in [3.05, 3.63) is 0 Å². The van der Waals surface area contributed by atoms with Gasteiger partial charge in [0.25, 0.3) is 0 Å². The summed E-state index contributed by atoms with van der Waals surface area (Å²) in [6.07, 6.45) is 6.72. The van der Waals surface area contributed by atoms with Gasteiger partial charge in [0.1, 0.15) is 0 Å². The van der Waals surface area contributed by atoms with Gasteiger partial charge in [0, 0.05) is 5.92 Å². The molecular formula is C10H22N2O. The first-order valence-corrected chi connectivity index (χ1v) is 5.26. The van der Waals surface area contributed by atoms with E-state index in [1.54, 1.807) is 0 Å². The second-order valence-electron chi connectivity index (χ2n) is 3.46. The van der Waals surface area contributed by atoms with Gasteiger partial charge in [0.2, 0.25) is 5.91 Å². The first kappa shape index (κ1) is 12.4. The van der Waals surface area contributed by atoms with Gasteiger partial charge in [-0.25, -0.2) is 5.84 Å². The third kappa shape index (κ3) is 5.64. The van der Waals surface area contributed by atoms with Crippen LogP contribution in [0.2, 0.25) is 0 Å². The summed E-state index contributed by atoms with van der Waals surface area (Å²) in [4.78, 5) is 11.2. The van der Waals surface area contributed by atoms with Gasteiger partial charge in [0.15, 0.2) is 0 Å². The van der Waals surface area contributed by atoms with Crippen molar-refractivity contribution in [1.29, 1.82) is 0 Å². The summed E-state index contributed by atoms with van der Waals surface area (Å²) in [6.45, 7) is 4.21. The highest BCUT2D eigenvalue weighted by Crippen LogP contribution is 2.13. The van der Waals surface area contributed by atoms with Crippen molar-refractivity contribution in [2.75, 3.05) is 0 Å². The van der Waals surface area contributed by atoms with Crippen molar-refractivity contribution in [3.8, 4) is 0 Å². The molecule has 0 aromatic heterocycles. The highest BCUT2D eigenvalue weighted by molar-refractivity contribution is 5.77. The maximum Gasteiger partial charge on any atom is 0.236 e. The minimum atomic E-state index is -0.0148. The normalized spacial score (nSPS) is 12.5. The molecule has 0 saturated heterocycles. The molecule has 1 amide bonds. The van der Waals surface area contributed by atoms with Crippen molar-refractivity contribution in [2.45, 2.75) is 52.4 Å². The average Bonchev–Trinajstić information content (AvgIpc) is 2.17. The maximum absolute atomic E-state index is 11.2. The first-order chi connectivity index (χ1) is 6.26. The predicted molar refractivity (Wildman–Crippen MR) is 54.9 cm³/mol. The molecule has 0 aliphatic heterocycles. The van der Waals surface area contributed by atoms with Crippen molar-refractivity contribution < 1.29 is 4.79 Å². The molecule has 3 N–H and O–H groups in total. The van der Waals surface area contributed by atoms with Gasteiger partial charge in [-0.05, 0) is 12.8 Å². The molecule has 78 valence electrons. The summed E-state index contributed by atoms with van der Waals surface area (Å²) in [7, 11) is 0. The van der Waals surface area contributed by atoms with Crippen LogP contribution in [-0.4, -0.2) is 5.91 Å². The molecule has 0 aliphatic carbocycles. The fourth-order valence-electron chi connectivity index (χ4n) is 1.46. The Hall–Kier alpha value is -0.570.